The van der Waals surface area contributed by atoms with E-state index in [0.29, 0.717) is 11.8 Å². The minimum Gasteiger partial charge on any atom is -0.455 e. The van der Waals surface area contributed by atoms with Gasteiger partial charge in [-0.1, -0.05) is 44.9 Å². The molecule has 28 heavy (non-hydrogen) atoms. The zero-order chi connectivity index (χ0) is 20.3. The van der Waals surface area contributed by atoms with Crippen LogP contribution in [0.3, 0.4) is 0 Å². The Morgan fingerprint density at radius 2 is 1.89 bits per heavy atom. The third-order valence-electron chi connectivity index (χ3n) is 5.60. The van der Waals surface area contributed by atoms with Crippen LogP contribution in [-0.2, 0) is 21.3 Å². The number of carbonyl (C=O) groups is 1. The van der Waals surface area contributed by atoms with Crippen molar-refractivity contribution in [1.29, 1.82) is 0 Å². The molecule has 0 unspecified atom stereocenters. The molecule has 0 radical (unpaired) electrons. The van der Waals surface area contributed by atoms with Crippen molar-refractivity contribution in [3.63, 3.8) is 0 Å². The van der Waals surface area contributed by atoms with E-state index in [2.05, 4.69) is 19.2 Å². The van der Waals surface area contributed by atoms with E-state index in [1.807, 2.05) is 0 Å². The van der Waals surface area contributed by atoms with Gasteiger partial charge in [0.05, 0.1) is 5.75 Å². The fourth-order valence-corrected chi connectivity index (χ4v) is 5.12. The summed E-state index contributed by atoms with van der Waals surface area (Å²) in [6.07, 6.45) is 3.17. The highest BCUT2D eigenvalue weighted by Gasteiger charge is 2.29. The summed E-state index contributed by atoms with van der Waals surface area (Å²) in [4.78, 5) is 12.5. The predicted octanol–water partition coefficient (Wildman–Crippen LogP) is 4.09. The van der Waals surface area contributed by atoms with Crippen molar-refractivity contribution in [2.75, 3.05) is 0 Å². The van der Waals surface area contributed by atoms with Crippen LogP contribution in [0.5, 0.6) is 0 Å². The van der Waals surface area contributed by atoms with Crippen molar-refractivity contribution in [3.8, 4) is 0 Å². The number of furan rings is 1. The highest BCUT2D eigenvalue weighted by atomic mass is 32.2. The van der Waals surface area contributed by atoms with Crippen LogP contribution in [0.15, 0.2) is 40.8 Å². The molecule has 1 N–H and O–H groups in total. The normalized spacial score (nSPS) is 22.8. The molecule has 152 valence electrons. The number of carbonyl (C=O) groups excluding carboxylic acids is 1. The summed E-state index contributed by atoms with van der Waals surface area (Å²) in [5.74, 6) is -0.480. The van der Waals surface area contributed by atoms with Crippen molar-refractivity contribution < 1.29 is 22.0 Å². The van der Waals surface area contributed by atoms with E-state index in [1.54, 1.807) is 6.07 Å². The largest absolute Gasteiger partial charge is 0.455 e. The maximum Gasteiger partial charge on any atom is 0.287 e. The first kappa shape index (κ1) is 20.6. The Bertz CT molecular complexity index is 937. The molecule has 3 rings (SSSR count). The molecule has 2 aromatic rings. The Morgan fingerprint density at radius 1 is 1.14 bits per heavy atom. The van der Waals surface area contributed by atoms with Crippen LogP contribution in [0.2, 0.25) is 0 Å². The fourth-order valence-electron chi connectivity index (χ4n) is 3.72. The molecule has 0 bridgehead atoms. The van der Waals surface area contributed by atoms with Crippen molar-refractivity contribution >= 4 is 15.7 Å². The molecule has 1 aromatic heterocycles. The highest BCUT2D eigenvalue weighted by molar-refractivity contribution is 7.89. The topological polar surface area (TPSA) is 76.4 Å². The molecular weight excluding hydrogens is 381 g/mol. The number of hydrogen-bond acceptors (Lipinski definition) is 4. The second kappa shape index (κ2) is 8.47. The maximum atomic E-state index is 13.7. The van der Waals surface area contributed by atoms with Gasteiger partial charge in [0.25, 0.3) is 5.91 Å². The molecule has 7 heteroatoms. The number of rotatable bonds is 6. The van der Waals surface area contributed by atoms with Crippen molar-refractivity contribution in [2.24, 2.45) is 11.8 Å². The quantitative estimate of drug-likeness (QED) is 0.783. The number of nitrogens with one attached hydrogen (secondary N) is 1. The average molecular weight is 408 g/mol. The van der Waals surface area contributed by atoms with E-state index in [0.717, 1.165) is 19.3 Å². The van der Waals surface area contributed by atoms with Gasteiger partial charge in [0.1, 0.15) is 17.3 Å². The van der Waals surface area contributed by atoms with Crippen molar-refractivity contribution in [1.82, 2.24) is 5.32 Å². The Labute approximate surface area is 165 Å². The summed E-state index contributed by atoms with van der Waals surface area (Å²) in [6.45, 7) is 4.33. The molecule has 1 saturated carbocycles. The van der Waals surface area contributed by atoms with Gasteiger partial charge in [-0.2, -0.15) is 0 Å². The van der Waals surface area contributed by atoms with Gasteiger partial charge in [-0.15, -0.1) is 0 Å². The Balaban J connectivity index is 1.63. The number of sulfone groups is 1. The Kier molecular flexibility index (Phi) is 6.23. The van der Waals surface area contributed by atoms with Gasteiger partial charge < -0.3 is 9.73 Å². The lowest BCUT2D eigenvalue weighted by Gasteiger charge is -2.34. The van der Waals surface area contributed by atoms with Crippen LogP contribution >= 0.6 is 0 Å². The molecule has 1 aliphatic rings. The SMILES string of the molecule is C[C@H]1[C@H](C)CCC[C@H]1NC(=O)c1ccc(CS(=O)(=O)Cc2ccccc2F)o1. The third kappa shape index (κ3) is 5.01. The van der Waals surface area contributed by atoms with E-state index in [4.69, 9.17) is 4.42 Å². The van der Waals surface area contributed by atoms with Crippen LogP contribution in [-0.4, -0.2) is 20.4 Å². The number of benzene rings is 1. The van der Waals surface area contributed by atoms with Crippen LogP contribution in [0, 0.1) is 17.7 Å². The zero-order valence-corrected chi connectivity index (χ0v) is 17.0. The summed E-state index contributed by atoms with van der Waals surface area (Å²) in [5, 5.41) is 3.01. The second-order valence-electron chi connectivity index (χ2n) is 7.74. The van der Waals surface area contributed by atoms with E-state index < -0.39 is 21.4 Å². The van der Waals surface area contributed by atoms with Gasteiger partial charge in [-0.25, -0.2) is 12.8 Å². The first-order chi connectivity index (χ1) is 13.2. The standard InChI is InChI=1S/C21H26FNO4S/c1-14-6-5-9-19(15(14)2)23-21(24)20-11-10-17(27-20)13-28(25,26)12-16-7-3-4-8-18(16)22/h3-4,7-8,10-11,14-15,19H,5-6,9,12-13H2,1-2H3,(H,23,24)/t14-,15+,19-/m1/s1. The number of amides is 1. The molecule has 1 fully saturated rings. The summed E-state index contributed by atoms with van der Waals surface area (Å²) < 4.78 is 43.9. The van der Waals surface area contributed by atoms with Gasteiger partial charge in [-0.3, -0.25) is 4.79 Å². The van der Waals surface area contributed by atoms with Crippen LogP contribution in [0.25, 0.3) is 0 Å². The monoisotopic (exact) mass is 407 g/mol. The molecule has 0 spiro atoms. The van der Waals surface area contributed by atoms with Gasteiger partial charge in [0.2, 0.25) is 0 Å². The van der Waals surface area contributed by atoms with E-state index >= 15 is 0 Å². The Morgan fingerprint density at radius 3 is 2.64 bits per heavy atom. The third-order valence-corrected chi connectivity index (χ3v) is 7.08. The fraction of sp³-hybridized carbons (Fsp3) is 0.476. The van der Waals surface area contributed by atoms with Gasteiger partial charge in [0.15, 0.2) is 15.6 Å². The van der Waals surface area contributed by atoms with E-state index in [1.165, 1.54) is 30.3 Å². The minimum absolute atomic E-state index is 0.0922. The summed E-state index contributed by atoms with van der Waals surface area (Å²) >= 11 is 0. The van der Waals surface area contributed by atoms with Gasteiger partial charge in [-0.05, 0) is 36.5 Å². The minimum atomic E-state index is -3.63. The van der Waals surface area contributed by atoms with Gasteiger partial charge in [0, 0.05) is 11.6 Å². The van der Waals surface area contributed by atoms with Gasteiger partial charge >= 0.3 is 0 Å². The molecule has 1 aromatic carbocycles. The first-order valence-electron chi connectivity index (χ1n) is 9.58. The van der Waals surface area contributed by atoms with E-state index in [9.17, 15) is 17.6 Å². The Hall–Kier alpha value is -2.15. The van der Waals surface area contributed by atoms with Crippen LogP contribution in [0.1, 0.15) is 55.0 Å². The lowest BCUT2D eigenvalue weighted by atomic mass is 9.78. The first-order valence-corrected chi connectivity index (χ1v) is 11.4. The maximum absolute atomic E-state index is 13.7. The second-order valence-corrected chi connectivity index (χ2v) is 9.80. The van der Waals surface area contributed by atoms with E-state index in [-0.39, 0.29) is 34.8 Å². The van der Waals surface area contributed by atoms with Crippen LogP contribution < -0.4 is 5.32 Å². The number of hydrogen-bond donors (Lipinski definition) is 1. The molecular formula is C21H26FNO4S. The number of halogens is 1. The predicted molar refractivity (Wildman–Crippen MR) is 105 cm³/mol. The lowest BCUT2D eigenvalue weighted by Crippen LogP contribution is -2.43. The molecule has 3 atom stereocenters. The molecule has 1 heterocycles. The molecule has 1 aliphatic carbocycles. The summed E-state index contributed by atoms with van der Waals surface area (Å²) in [5.41, 5.74) is 0.118. The summed E-state index contributed by atoms with van der Waals surface area (Å²) in [6, 6.07) is 8.84. The molecule has 1 amide bonds. The summed E-state index contributed by atoms with van der Waals surface area (Å²) in [7, 11) is -3.63. The smallest absolute Gasteiger partial charge is 0.287 e. The van der Waals surface area contributed by atoms with Crippen molar-refractivity contribution in [3.05, 3.63) is 59.3 Å². The zero-order valence-electron chi connectivity index (χ0n) is 16.2. The highest BCUT2D eigenvalue weighted by Crippen LogP contribution is 2.29. The molecule has 5 nitrogen and oxygen atoms in total. The van der Waals surface area contributed by atoms with Crippen LogP contribution in [0.4, 0.5) is 4.39 Å². The molecule has 0 saturated heterocycles. The average Bonchev–Trinajstić information content (AvgIpc) is 3.08. The lowest BCUT2D eigenvalue weighted by molar-refractivity contribution is 0.0861. The van der Waals surface area contributed by atoms with Crippen molar-refractivity contribution in [2.45, 2.75) is 50.7 Å². The molecule has 0 aliphatic heterocycles.